The molecule has 0 saturated heterocycles. The minimum absolute atomic E-state index is 0.605. The van der Waals surface area contributed by atoms with Gasteiger partial charge in [-0.15, -0.1) is 0 Å². The Labute approximate surface area is 166 Å². The van der Waals surface area contributed by atoms with Crippen molar-refractivity contribution in [2.45, 2.75) is 27.3 Å². The van der Waals surface area contributed by atoms with E-state index in [2.05, 4.69) is 66.2 Å². The molecular formula is C23H27N3O2. The standard InChI is InChI=1S/C23H27N3O2/c1-16-7-6-8-21(11-16)26-17(2)12-20(18(26)3)15-25-24-14-19-9-10-22(27-4)23(13-19)28-5/h6-13,15,24H,14H2,1-5H3/b25-15+. The molecule has 0 saturated carbocycles. The smallest absolute Gasteiger partial charge is 0.161 e. The zero-order valence-electron chi connectivity index (χ0n) is 17.1. The van der Waals surface area contributed by atoms with E-state index in [1.165, 1.54) is 22.6 Å². The fourth-order valence-corrected chi connectivity index (χ4v) is 3.33. The molecule has 1 aromatic heterocycles. The summed E-state index contributed by atoms with van der Waals surface area (Å²) in [5, 5.41) is 4.40. The fraction of sp³-hybridized carbons (Fsp3) is 0.261. The van der Waals surface area contributed by atoms with E-state index in [0.29, 0.717) is 12.3 Å². The Morgan fingerprint density at radius 2 is 1.75 bits per heavy atom. The zero-order chi connectivity index (χ0) is 20.1. The van der Waals surface area contributed by atoms with Crippen LogP contribution in [-0.4, -0.2) is 25.0 Å². The number of ether oxygens (including phenoxy) is 2. The van der Waals surface area contributed by atoms with Crippen LogP contribution in [0.2, 0.25) is 0 Å². The maximum absolute atomic E-state index is 5.34. The maximum Gasteiger partial charge on any atom is 0.161 e. The highest BCUT2D eigenvalue weighted by atomic mass is 16.5. The van der Waals surface area contributed by atoms with E-state index in [1.807, 2.05) is 24.4 Å². The summed E-state index contributed by atoms with van der Waals surface area (Å²) < 4.78 is 12.9. The molecule has 3 aromatic rings. The minimum Gasteiger partial charge on any atom is -0.493 e. The van der Waals surface area contributed by atoms with E-state index in [-0.39, 0.29) is 0 Å². The first-order valence-corrected chi connectivity index (χ1v) is 9.26. The lowest BCUT2D eigenvalue weighted by atomic mass is 10.2. The van der Waals surface area contributed by atoms with Gasteiger partial charge in [0.05, 0.1) is 27.0 Å². The Kier molecular flexibility index (Phi) is 6.04. The third-order valence-electron chi connectivity index (χ3n) is 4.76. The molecule has 146 valence electrons. The van der Waals surface area contributed by atoms with Crippen LogP contribution in [0.25, 0.3) is 5.69 Å². The van der Waals surface area contributed by atoms with Gasteiger partial charge in [-0.3, -0.25) is 0 Å². The Morgan fingerprint density at radius 1 is 0.964 bits per heavy atom. The van der Waals surface area contributed by atoms with Crippen molar-refractivity contribution in [3.8, 4) is 17.2 Å². The van der Waals surface area contributed by atoms with E-state index in [9.17, 15) is 0 Å². The molecule has 1 N–H and O–H groups in total. The highest BCUT2D eigenvalue weighted by Crippen LogP contribution is 2.27. The lowest BCUT2D eigenvalue weighted by molar-refractivity contribution is 0.354. The van der Waals surface area contributed by atoms with Crippen molar-refractivity contribution in [2.75, 3.05) is 14.2 Å². The van der Waals surface area contributed by atoms with Gasteiger partial charge < -0.3 is 19.5 Å². The number of methoxy groups -OCH3 is 2. The third-order valence-corrected chi connectivity index (χ3v) is 4.76. The Morgan fingerprint density at radius 3 is 2.46 bits per heavy atom. The quantitative estimate of drug-likeness (QED) is 0.486. The van der Waals surface area contributed by atoms with Gasteiger partial charge in [0.25, 0.3) is 0 Å². The highest BCUT2D eigenvalue weighted by Gasteiger charge is 2.09. The van der Waals surface area contributed by atoms with E-state index in [1.54, 1.807) is 14.2 Å². The Balaban J connectivity index is 1.71. The van der Waals surface area contributed by atoms with Crippen LogP contribution < -0.4 is 14.9 Å². The largest absolute Gasteiger partial charge is 0.493 e. The summed E-state index contributed by atoms with van der Waals surface area (Å²) in [6, 6.07) is 16.5. The number of aromatic nitrogens is 1. The van der Waals surface area contributed by atoms with Gasteiger partial charge in [0.1, 0.15) is 0 Å². The second kappa shape index (κ2) is 8.65. The summed E-state index contributed by atoms with van der Waals surface area (Å²) in [7, 11) is 3.27. The molecule has 0 amide bonds. The number of hydrogen-bond donors (Lipinski definition) is 1. The molecule has 0 atom stereocenters. The van der Waals surface area contributed by atoms with Crippen molar-refractivity contribution in [1.82, 2.24) is 9.99 Å². The third kappa shape index (κ3) is 4.19. The van der Waals surface area contributed by atoms with Crippen LogP contribution in [0.3, 0.4) is 0 Å². The molecular weight excluding hydrogens is 350 g/mol. The molecule has 28 heavy (non-hydrogen) atoms. The van der Waals surface area contributed by atoms with Gasteiger partial charge in [0.15, 0.2) is 11.5 Å². The normalized spacial score (nSPS) is 11.0. The average molecular weight is 377 g/mol. The summed E-state index contributed by atoms with van der Waals surface area (Å²) in [6.45, 7) is 6.94. The first-order chi connectivity index (χ1) is 13.5. The van der Waals surface area contributed by atoms with Crippen molar-refractivity contribution < 1.29 is 9.47 Å². The van der Waals surface area contributed by atoms with Crippen molar-refractivity contribution >= 4 is 6.21 Å². The fourth-order valence-electron chi connectivity index (χ4n) is 3.33. The molecule has 3 rings (SSSR count). The van der Waals surface area contributed by atoms with Crippen LogP contribution in [0.15, 0.2) is 53.6 Å². The summed E-state index contributed by atoms with van der Waals surface area (Å²) in [4.78, 5) is 0. The molecule has 5 nitrogen and oxygen atoms in total. The van der Waals surface area contributed by atoms with Crippen LogP contribution in [0.5, 0.6) is 11.5 Å². The van der Waals surface area contributed by atoms with Gasteiger partial charge in [0, 0.05) is 22.6 Å². The predicted octanol–water partition coefficient (Wildman–Crippen LogP) is 4.54. The summed E-state index contributed by atoms with van der Waals surface area (Å²) in [6.07, 6.45) is 1.87. The monoisotopic (exact) mass is 377 g/mol. The predicted molar refractivity (Wildman–Crippen MR) is 114 cm³/mol. The molecule has 0 spiro atoms. The van der Waals surface area contributed by atoms with E-state index in [4.69, 9.17) is 9.47 Å². The van der Waals surface area contributed by atoms with Crippen LogP contribution in [-0.2, 0) is 6.54 Å². The molecule has 1 heterocycles. The number of rotatable bonds is 7. The number of nitrogens with zero attached hydrogens (tertiary/aromatic N) is 2. The first-order valence-electron chi connectivity index (χ1n) is 9.26. The molecule has 0 fully saturated rings. The van der Waals surface area contributed by atoms with E-state index >= 15 is 0 Å². The van der Waals surface area contributed by atoms with Crippen molar-refractivity contribution in [3.63, 3.8) is 0 Å². The molecule has 5 heteroatoms. The van der Waals surface area contributed by atoms with E-state index in [0.717, 1.165) is 16.9 Å². The van der Waals surface area contributed by atoms with Crippen LogP contribution >= 0.6 is 0 Å². The molecule has 0 aliphatic rings. The molecule has 0 radical (unpaired) electrons. The first kappa shape index (κ1) is 19.5. The minimum atomic E-state index is 0.605. The van der Waals surface area contributed by atoms with E-state index < -0.39 is 0 Å². The molecule has 0 unspecified atom stereocenters. The molecule has 2 aromatic carbocycles. The lowest BCUT2D eigenvalue weighted by Crippen LogP contribution is -2.06. The summed E-state index contributed by atoms with van der Waals surface area (Å²) in [5.41, 5.74) is 10.0. The average Bonchev–Trinajstić information content (AvgIpc) is 2.98. The number of nitrogens with one attached hydrogen (secondary N) is 1. The molecule has 0 aliphatic carbocycles. The van der Waals surface area contributed by atoms with Crippen LogP contribution in [0.1, 0.15) is 28.1 Å². The molecule has 0 bridgehead atoms. The van der Waals surface area contributed by atoms with Crippen molar-refractivity contribution in [1.29, 1.82) is 0 Å². The number of hydrazone groups is 1. The van der Waals surface area contributed by atoms with Crippen molar-refractivity contribution in [3.05, 3.63) is 76.6 Å². The topological polar surface area (TPSA) is 47.8 Å². The molecule has 0 aliphatic heterocycles. The van der Waals surface area contributed by atoms with Gasteiger partial charge in [-0.2, -0.15) is 5.10 Å². The number of hydrogen-bond acceptors (Lipinski definition) is 4. The number of benzene rings is 2. The highest BCUT2D eigenvalue weighted by molar-refractivity contribution is 5.82. The van der Waals surface area contributed by atoms with Gasteiger partial charge in [-0.05, 0) is 62.2 Å². The zero-order valence-corrected chi connectivity index (χ0v) is 17.1. The summed E-state index contributed by atoms with van der Waals surface area (Å²) >= 11 is 0. The Hall–Kier alpha value is -3.21. The van der Waals surface area contributed by atoms with Gasteiger partial charge >= 0.3 is 0 Å². The maximum atomic E-state index is 5.34. The van der Waals surface area contributed by atoms with Gasteiger partial charge in [-0.1, -0.05) is 18.2 Å². The second-order valence-electron chi connectivity index (χ2n) is 6.78. The number of aryl methyl sites for hydroxylation is 2. The van der Waals surface area contributed by atoms with Crippen LogP contribution in [0.4, 0.5) is 0 Å². The second-order valence-corrected chi connectivity index (χ2v) is 6.78. The SMILES string of the molecule is COc1ccc(CN/N=C/c2cc(C)n(-c3cccc(C)c3)c2C)cc1OC. The van der Waals surface area contributed by atoms with Crippen molar-refractivity contribution in [2.24, 2.45) is 5.10 Å². The Bertz CT molecular complexity index is 990. The van der Waals surface area contributed by atoms with Gasteiger partial charge in [-0.25, -0.2) is 0 Å². The lowest BCUT2D eigenvalue weighted by Gasteiger charge is -2.10. The van der Waals surface area contributed by atoms with Crippen LogP contribution in [0, 0.1) is 20.8 Å². The van der Waals surface area contributed by atoms with Gasteiger partial charge in [0.2, 0.25) is 0 Å². The summed E-state index contributed by atoms with van der Waals surface area (Å²) in [5.74, 6) is 1.44.